The minimum atomic E-state index is -4.03. The number of likely N-dealkylation sites (tertiary alicyclic amines) is 1. The standard InChI is InChI=1S/C16H29F3N2/c1-2-13-4-3-10-21(11-7-13)15(12-20)8-5-14(6-9-15)16(17,18)19/h13-14H,2-12,20H2,1H3. The molecule has 0 aromatic heterocycles. The van der Waals surface area contributed by atoms with Gasteiger partial charge in [0.25, 0.3) is 0 Å². The zero-order valence-corrected chi connectivity index (χ0v) is 13.1. The first kappa shape index (κ1) is 17.1. The number of nitrogens with zero attached hydrogens (tertiary/aromatic N) is 1. The monoisotopic (exact) mass is 306 g/mol. The van der Waals surface area contributed by atoms with Crippen molar-refractivity contribution in [2.24, 2.45) is 17.6 Å². The Morgan fingerprint density at radius 1 is 1.10 bits per heavy atom. The minimum Gasteiger partial charge on any atom is -0.329 e. The second-order valence-electron chi connectivity index (χ2n) is 6.94. The summed E-state index contributed by atoms with van der Waals surface area (Å²) in [5, 5.41) is 0. The fourth-order valence-electron chi connectivity index (χ4n) is 4.18. The third kappa shape index (κ3) is 3.92. The first-order valence-corrected chi connectivity index (χ1v) is 8.43. The van der Waals surface area contributed by atoms with Crippen molar-refractivity contribution in [3.63, 3.8) is 0 Å². The van der Waals surface area contributed by atoms with Crippen LogP contribution in [0.4, 0.5) is 13.2 Å². The van der Waals surface area contributed by atoms with E-state index >= 15 is 0 Å². The molecule has 1 aliphatic heterocycles. The molecule has 1 saturated heterocycles. The van der Waals surface area contributed by atoms with Crippen LogP contribution in [0.5, 0.6) is 0 Å². The van der Waals surface area contributed by atoms with Crippen LogP contribution in [0.15, 0.2) is 0 Å². The minimum absolute atomic E-state index is 0.176. The van der Waals surface area contributed by atoms with Gasteiger partial charge in [-0.1, -0.05) is 13.3 Å². The zero-order chi connectivity index (χ0) is 15.5. The van der Waals surface area contributed by atoms with Crippen molar-refractivity contribution in [2.45, 2.75) is 70.0 Å². The van der Waals surface area contributed by atoms with Crippen LogP contribution in [0.25, 0.3) is 0 Å². The van der Waals surface area contributed by atoms with E-state index in [9.17, 15) is 13.2 Å². The van der Waals surface area contributed by atoms with E-state index in [-0.39, 0.29) is 18.4 Å². The second kappa shape index (κ2) is 6.86. The fraction of sp³-hybridized carbons (Fsp3) is 1.00. The van der Waals surface area contributed by atoms with Crippen LogP contribution in [0.1, 0.15) is 58.3 Å². The third-order valence-corrected chi connectivity index (χ3v) is 5.86. The van der Waals surface area contributed by atoms with E-state index in [0.29, 0.717) is 19.4 Å². The number of hydrogen-bond acceptors (Lipinski definition) is 2. The van der Waals surface area contributed by atoms with Gasteiger partial charge in [0.2, 0.25) is 0 Å². The van der Waals surface area contributed by atoms with Gasteiger partial charge in [0.1, 0.15) is 0 Å². The SMILES string of the molecule is CCC1CCCN(C2(CN)CCC(C(F)(F)F)CC2)CC1. The van der Waals surface area contributed by atoms with Gasteiger partial charge < -0.3 is 5.73 Å². The van der Waals surface area contributed by atoms with Crippen LogP contribution in [0.3, 0.4) is 0 Å². The van der Waals surface area contributed by atoms with E-state index in [1.54, 1.807) is 0 Å². The first-order valence-electron chi connectivity index (χ1n) is 8.43. The smallest absolute Gasteiger partial charge is 0.329 e. The average Bonchev–Trinajstić information content (AvgIpc) is 2.72. The van der Waals surface area contributed by atoms with E-state index in [2.05, 4.69) is 11.8 Å². The van der Waals surface area contributed by atoms with Crippen molar-refractivity contribution < 1.29 is 13.2 Å². The lowest BCUT2D eigenvalue weighted by Gasteiger charge is -2.47. The van der Waals surface area contributed by atoms with E-state index in [4.69, 9.17) is 5.73 Å². The summed E-state index contributed by atoms with van der Waals surface area (Å²) in [6.07, 6.45) is 2.44. The lowest BCUT2D eigenvalue weighted by atomic mass is 9.75. The Morgan fingerprint density at radius 2 is 1.76 bits per heavy atom. The molecule has 1 atom stereocenters. The van der Waals surface area contributed by atoms with Crippen molar-refractivity contribution in [1.82, 2.24) is 4.90 Å². The number of alkyl halides is 3. The molecule has 1 aliphatic carbocycles. The largest absolute Gasteiger partial charge is 0.391 e. The van der Waals surface area contributed by atoms with Crippen molar-refractivity contribution in [3.05, 3.63) is 0 Å². The summed E-state index contributed by atoms with van der Waals surface area (Å²) in [5.41, 5.74) is 5.84. The highest BCUT2D eigenvalue weighted by molar-refractivity contribution is 4.97. The predicted molar refractivity (Wildman–Crippen MR) is 79.0 cm³/mol. The van der Waals surface area contributed by atoms with Crippen LogP contribution in [-0.2, 0) is 0 Å². The summed E-state index contributed by atoms with van der Waals surface area (Å²) >= 11 is 0. The Hall–Kier alpha value is -0.290. The lowest BCUT2D eigenvalue weighted by Crippen LogP contribution is -2.56. The van der Waals surface area contributed by atoms with E-state index in [1.165, 1.54) is 19.3 Å². The highest BCUT2D eigenvalue weighted by Crippen LogP contribution is 2.43. The molecule has 5 heteroatoms. The average molecular weight is 306 g/mol. The Kier molecular flexibility index (Phi) is 5.58. The molecule has 2 nitrogen and oxygen atoms in total. The fourth-order valence-corrected chi connectivity index (χ4v) is 4.18. The van der Waals surface area contributed by atoms with Crippen molar-refractivity contribution in [1.29, 1.82) is 0 Å². The quantitative estimate of drug-likeness (QED) is 0.855. The molecule has 2 rings (SSSR count). The highest BCUT2D eigenvalue weighted by atomic mass is 19.4. The van der Waals surface area contributed by atoms with Gasteiger partial charge in [-0.2, -0.15) is 13.2 Å². The molecular weight excluding hydrogens is 277 g/mol. The van der Waals surface area contributed by atoms with Gasteiger partial charge in [0.05, 0.1) is 5.92 Å². The lowest BCUT2D eigenvalue weighted by molar-refractivity contribution is -0.188. The van der Waals surface area contributed by atoms with Crippen LogP contribution >= 0.6 is 0 Å². The highest BCUT2D eigenvalue weighted by Gasteiger charge is 2.47. The number of rotatable bonds is 3. The summed E-state index contributed by atoms with van der Waals surface area (Å²) in [4.78, 5) is 2.43. The summed E-state index contributed by atoms with van der Waals surface area (Å²) < 4.78 is 38.6. The molecule has 0 aromatic rings. The summed E-state index contributed by atoms with van der Waals surface area (Å²) in [7, 11) is 0. The molecule has 1 unspecified atom stereocenters. The molecule has 2 fully saturated rings. The Bertz CT molecular complexity index is 322. The molecule has 0 bridgehead atoms. The van der Waals surface area contributed by atoms with Crippen molar-refractivity contribution in [3.8, 4) is 0 Å². The normalized spacial score (nSPS) is 36.4. The molecule has 2 N–H and O–H groups in total. The maximum absolute atomic E-state index is 12.9. The van der Waals surface area contributed by atoms with Gasteiger partial charge in [-0.25, -0.2) is 0 Å². The molecule has 0 aromatic carbocycles. The Labute approximate surface area is 126 Å². The zero-order valence-electron chi connectivity index (χ0n) is 13.1. The van der Waals surface area contributed by atoms with Gasteiger partial charge in [0, 0.05) is 12.1 Å². The van der Waals surface area contributed by atoms with Gasteiger partial charge in [0.15, 0.2) is 0 Å². The topological polar surface area (TPSA) is 29.3 Å². The van der Waals surface area contributed by atoms with E-state index < -0.39 is 12.1 Å². The third-order valence-electron chi connectivity index (χ3n) is 5.86. The molecule has 0 spiro atoms. The summed E-state index contributed by atoms with van der Waals surface area (Å²) in [5.74, 6) is -0.344. The predicted octanol–water partition coefficient (Wildman–Crippen LogP) is 3.95. The van der Waals surface area contributed by atoms with Crippen LogP contribution in [-0.4, -0.2) is 36.2 Å². The summed E-state index contributed by atoms with van der Waals surface area (Å²) in [6, 6.07) is 0. The van der Waals surface area contributed by atoms with Crippen molar-refractivity contribution in [2.75, 3.05) is 19.6 Å². The van der Waals surface area contributed by atoms with Gasteiger partial charge >= 0.3 is 6.18 Å². The maximum atomic E-state index is 12.9. The van der Waals surface area contributed by atoms with Crippen LogP contribution < -0.4 is 5.73 Å². The molecule has 1 heterocycles. The Morgan fingerprint density at radius 3 is 2.29 bits per heavy atom. The maximum Gasteiger partial charge on any atom is 0.391 e. The Balaban J connectivity index is 1.99. The van der Waals surface area contributed by atoms with Gasteiger partial charge in [-0.15, -0.1) is 0 Å². The summed E-state index contributed by atoms with van der Waals surface area (Å²) in [6.45, 7) is 4.73. The van der Waals surface area contributed by atoms with Gasteiger partial charge in [-0.3, -0.25) is 4.90 Å². The molecule has 1 saturated carbocycles. The van der Waals surface area contributed by atoms with Gasteiger partial charge in [-0.05, 0) is 64.0 Å². The molecule has 124 valence electrons. The van der Waals surface area contributed by atoms with Crippen molar-refractivity contribution >= 4 is 0 Å². The molecule has 2 aliphatic rings. The number of halogens is 3. The van der Waals surface area contributed by atoms with Crippen LogP contribution in [0.2, 0.25) is 0 Å². The van der Waals surface area contributed by atoms with Crippen LogP contribution in [0, 0.1) is 11.8 Å². The first-order chi connectivity index (χ1) is 9.91. The molecule has 0 radical (unpaired) electrons. The number of nitrogens with two attached hydrogens (primary N) is 1. The number of hydrogen-bond donors (Lipinski definition) is 1. The molecular formula is C16H29F3N2. The molecule has 21 heavy (non-hydrogen) atoms. The second-order valence-corrected chi connectivity index (χ2v) is 6.94. The van der Waals surface area contributed by atoms with E-state index in [0.717, 1.165) is 25.4 Å². The molecule has 0 amide bonds. The van der Waals surface area contributed by atoms with E-state index in [1.807, 2.05) is 0 Å².